The van der Waals surface area contributed by atoms with Crippen LogP contribution >= 0.6 is 0 Å². The Hall–Kier alpha value is -2.76. The third kappa shape index (κ3) is 4.31. The molecule has 1 aromatic carbocycles. The number of aryl methyl sites for hydroxylation is 2. The summed E-state index contributed by atoms with van der Waals surface area (Å²) in [4.78, 5) is 25.2. The lowest BCUT2D eigenvalue weighted by atomic mass is 9.99. The Morgan fingerprint density at radius 3 is 2.48 bits per heavy atom. The maximum absolute atomic E-state index is 12.8. The number of esters is 1. The van der Waals surface area contributed by atoms with Crippen molar-refractivity contribution in [2.75, 3.05) is 18.5 Å². The third-order valence-electron chi connectivity index (χ3n) is 5.78. The van der Waals surface area contributed by atoms with E-state index < -0.39 is 18.2 Å². The standard InChI is InChI=1S/C23H28N2O4/c1-2-28-22(26)20(12-15-6-5-11-24-14-15)29-23(27)25-21-18-9-3-7-16(18)13-17-8-4-10-19(17)21/h5-6,13-14,20,24H,2-4,7-12H2,1H3,(H,25,27). The Morgan fingerprint density at radius 2 is 1.86 bits per heavy atom. The molecular weight excluding hydrogens is 368 g/mol. The zero-order valence-corrected chi connectivity index (χ0v) is 16.9. The van der Waals surface area contributed by atoms with Gasteiger partial charge in [0.05, 0.1) is 12.3 Å². The number of ether oxygens (including phenoxy) is 2. The van der Waals surface area contributed by atoms with Gasteiger partial charge in [-0.15, -0.1) is 0 Å². The fraction of sp³-hybridized carbons (Fsp3) is 0.478. The van der Waals surface area contributed by atoms with Gasteiger partial charge in [0.15, 0.2) is 0 Å². The number of dihydropyridines is 1. The quantitative estimate of drug-likeness (QED) is 0.719. The molecule has 4 rings (SSSR count). The Morgan fingerprint density at radius 1 is 1.14 bits per heavy atom. The second-order valence-electron chi connectivity index (χ2n) is 7.74. The van der Waals surface area contributed by atoms with Gasteiger partial charge < -0.3 is 14.8 Å². The maximum Gasteiger partial charge on any atom is 0.412 e. The van der Waals surface area contributed by atoms with E-state index in [1.165, 1.54) is 22.3 Å². The number of carbonyl (C=O) groups is 2. The fourth-order valence-corrected chi connectivity index (χ4v) is 4.49. The summed E-state index contributed by atoms with van der Waals surface area (Å²) in [7, 11) is 0. The molecule has 2 N–H and O–H groups in total. The van der Waals surface area contributed by atoms with Crippen LogP contribution < -0.4 is 10.6 Å². The summed E-state index contributed by atoms with van der Waals surface area (Å²) in [6.45, 7) is 2.74. The Bertz CT molecular complexity index is 840. The molecule has 0 bridgehead atoms. The molecule has 6 heteroatoms. The molecule has 1 heterocycles. The zero-order chi connectivity index (χ0) is 20.2. The van der Waals surface area contributed by atoms with Crippen LogP contribution in [0.15, 0.2) is 30.0 Å². The van der Waals surface area contributed by atoms with E-state index in [4.69, 9.17) is 9.47 Å². The summed E-state index contributed by atoms with van der Waals surface area (Å²) in [6, 6.07) is 2.32. The van der Waals surface area contributed by atoms with Crippen LogP contribution in [0.3, 0.4) is 0 Å². The fourth-order valence-electron chi connectivity index (χ4n) is 4.49. The highest BCUT2D eigenvalue weighted by Gasteiger charge is 2.29. The molecule has 0 radical (unpaired) electrons. The molecule has 3 aliphatic rings. The van der Waals surface area contributed by atoms with Gasteiger partial charge in [-0.1, -0.05) is 18.2 Å². The first-order valence-corrected chi connectivity index (χ1v) is 10.6. The summed E-state index contributed by atoms with van der Waals surface area (Å²) < 4.78 is 10.7. The first-order valence-electron chi connectivity index (χ1n) is 10.6. The van der Waals surface area contributed by atoms with Gasteiger partial charge in [0.2, 0.25) is 6.10 Å². The van der Waals surface area contributed by atoms with Crippen molar-refractivity contribution in [3.63, 3.8) is 0 Å². The highest BCUT2D eigenvalue weighted by molar-refractivity contribution is 5.90. The molecule has 0 saturated carbocycles. The number of fused-ring (bicyclic) bond motifs is 2. The monoisotopic (exact) mass is 396 g/mol. The number of allylic oxidation sites excluding steroid dienone is 1. The largest absolute Gasteiger partial charge is 0.463 e. The normalized spacial score (nSPS) is 17.6. The van der Waals surface area contributed by atoms with Crippen molar-refractivity contribution in [3.8, 4) is 0 Å². The van der Waals surface area contributed by atoms with Gasteiger partial charge in [-0.3, -0.25) is 5.32 Å². The van der Waals surface area contributed by atoms with Crippen molar-refractivity contribution < 1.29 is 19.1 Å². The highest BCUT2D eigenvalue weighted by Crippen LogP contribution is 2.38. The lowest BCUT2D eigenvalue weighted by Crippen LogP contribution is -2.32. The number of nitrogens with one attached hydrogen (secondary N) is 2. The number of rotatable bonds is 6. The number of amides is 1. The molecule has 0 saturated heterocycles. The first-order chi connectivity index (χ1) is 14.2. The molecule has 1 atom stereocenters. The molecule has 0 fully saturated rings. The molecule has 2 aliphatic carbocycles. The SMILES string of the molecule is CCOC(=O)C(CC1=CNCC=C1)OC(=O)Nc1c2c(cc3c1CCC3)CCC2. The van der Waals surface area contributed by atoms with E-state index in [0.717, 1.165) is 56.3 Å². The summed E-state index contributed by atoms with van der Waals surface area (Å²) in [5.41, 5.74) is 6.95. The van der Waals surface area contributed by atoms with E-state index in [1.807, 2.05) is 18.4 Å². The topological polar surface area (TPSA) is 76.7 Å². The zero-order valence-electron chi connectivity index (χ0n) is 16.9. The van der Waals surface area contributed by atoms with Gasteiger partial charge in [-0.2, -0.15) is 0 Å². The summed E-state index contributed by atoms with van der Waals surface area (Å²) in [5, 5.41) is 6.09. The van der Waals surface area contributed by atoms with Crippen molar-refractivity contribution in [2.24, 2.45) is 0 Å². The smallest absolute Gasteiger partial charge is 0.412 e. The average molecular weight is 396 g/mol. The minimum Gasteiger partial charge on any atom is -0.463 e. The summed E-state index contributed by atoms with van der Waals surface area (Å²) in [6.07, 6.45) is 10.7. The third-order valence-corrected chi connectivity index (χ3v) is 5.78. The van der Waals surface area contributed by atoms with Crippen LogP contribution in [0, 0.1) is 0 Å². The Kier molecular flexibility index (Phi) is 5.88. The van der Waals surface area contributed by atoms with Crippen LogP contribution in [0.4, 0.5) is 10.5 Å². The average Bonchev–Trinajstić information content (AvgIpc) is 3.37. The molecule has 1 amide bonds. The van der Waals surface area contributed by atoms with Crippen LogP contribution in [-0.2, 0) is 40.0 Å². The van der Waals surface area contributed by atoms with Crippen LogP contribution in [0.5, 0.6) is 0 Å². The van der Waals surface area contributed by atoms with Crippen LogP contribution in [0.1, 0.15) is 48.4 Å². The van der Waals surface area contributed by atoms with Crippen molar-refractivity contribution in [2.45, 2.75) is 58.0 Å². The van der Waals surface area contributed by atoms with Crippen molar-refractivity contribution >= 4 is 17.7 Å². The van der Waals surface area contributed by atoms with Crippen LogP contribution in [-0.4, -0.2) is 31.3 Å². The minimum atomic E-state index is -0.976. The molecule has 1 aromatic rings. The van der Waals surface area contributed by atoms with Crippen molar-refractivity contribution in [3.05, 3.63) is 52.2 Å². The van der Waals surface area contributed by atoms with Crippen LogP contribution in [0.2, 0.25) is 0 Å². The minimum absolute atomic E-state index is 0.243. The Labute approximate surface area is 171 Å². The molecule has 1 unspecified atom stereocenters. The molecule has 6 nitrogen and oxygen atoms in total. The first kappa shape index (κ1) is 19.6. The maximum atomic E-state index is 12.8. The van der Waals surface area contributed by atoms with E-state index >= 15 is 0 Å². The number of hydrogen-bond acceptors (Lipinski definition) is 5. The second-order valence-corrected chi connectivity index (χ2v) is 7.74. The number of carbonyl (C=O) groups excluding carboxylic acids is 2. The predicted octanol–water partition coefficient (Wildman–Crippen LogP) is 3.58. The van der Waals surface area contributed by atoms with Gasteiger partial charge in [0.1, 0.15) is 0 Å². The Balaban J connectivity index is 1.51. The predicted molar refractivity (Wildman–Crippen MR) is 111 cm³/mol. The van der Waals surface area contributed by atoms with E-state index in [1.54, 1.807) is 6.92 Å². The van der Waals surface area contributed by atoms with Crippen LogP contribution in [0.25, 0.3) is 0 Å². The van der Waals surface area contributed by atoms with E-state index in [0.29, 0.717) is 0 Å². The van der Waals surface area contributed by atoms with Gasteiger partial charge >= 0.3 is 12.1 Å². The highest BCUT2D eigenvalue weighted by atomic mass is 16.6. The number of hydrogen-bond donors (Lipinski definition) is 2. The van der Waals surface area contributed by atoms with Gasteiger partial charge in [-0.25, -0.2) is 9.59 Å². The van der Waals surface area contributed by atoms with Crippen molar-refractivity contribution in [1.82, 2.24) is 5.32 Å². The molecule has 29 heavy (non-hydrogen) atoms. The van der Waals surface area contributed by atoms with E-state index in [2.05, 4.69) is 16.7 Å². The molecule has 154 valence electrons. The molecular formula is C23H28N2O4. The number of benzene rings is 1. The molecule has 0 spiro atoms. The van der Waals surface area contributed by atoms with Gasteiger partial charge in [0.25, 0.3) is 0 Å². The van der Waals surface area contributed by atoms with E-state index in [9.17, 15) is 9.59 Å². The van der Waals surface area contributed by atoms with Crippen molar-refractivity contribution in [1.29, 1.82) is 0 Å². The lowest BCUT2D eigenvalue weighted by Gasteiger charge is -2.20. The lowest BCUT2D eigenvalue weighted by molar-refractivity contribution is -0.152. The summed E-state index contributed by atoms with van der Waals surface area (Å²) >= 11 is 0. The van der Waals surface area contributed by atoms with Gasteiger partial charge in [-0.05, 0) is 73.3 Å². The number of anilines is 1. The van der Waals surface area contributed by atoms with E-state index in [-0.39, 0.29) is 13.0 Å². The molecule has 0 aromatic heterocycles. The second kappa shape index (κ2) is 8.72. The summed E-state index contributed by atoms with van der Waals surface area (Å²) in [5.74, 6) is -0.522. The van der Waals surface area contributed by atoms with Gasteiger partial charge in [0, 0.05) is 19.2 Å². The molecule has 1 aliphatic heterocycles.